The van der Waals surface area contributed by atoms with Crippen LogP contribution in [-0.4, -0.2) is 49.0 Å². The Balaban J connectivity index is 1.81. The minimum Gasteiger partial charge on any atom is -0.493 e. The third-order valence-electron chi connectivity index (χ3n) is 6.34. The molecule has 3 aromatic rings. The van der Waals surface area contributed by atoms with Crippen molar-refractivity contribution in [3.63, 3.8) is 0 Å². The molecule has 8 heteroatoms. The summed E-state index contributed by atoms with van der Waals surface area (Å²) in [4.78, 5) is 15.3. The summed E-state index contributed by atoms with van der Waals surface area (Å²) in [6.45, 7) is 2.02. The molecule has 1 heterocycles. The Bertz CT molecular complexity index is 1330. The molecule has 7 nitrogen and oxygen atoms in total. The first-order valence-electron chi connectivity index (χ1n) is 11.7. The number of carbonyl (C=O) groups excluding carboxylic acids is 1. The standard InChI is InChI=1S/C28H33N3O4S/c1-19-15-21-16-26(34-3)27(35-4)17-24(21)25(18-31(19)28(32)29-2)20-11-13-22(14-12-20)30-36(5,33)23-9-7-6-8-10-23/h6-14,16-19,36H,15H2,1-5H3,(H,29,32)(H,30,33). The van der Waals surface area contributed by atoms with Crippen molar-refractivity contribution in [2.24, 2.45) is 4.36 Å². The Morgan fingerprint density at radius 3 is 2.31 bits per heavy atom. The molecule has 4 rings (SSSR count). The van der Waals surface area contributed by atoms with Gasteiger partial charge >= 0.3 is 6.03 Å². The highest BCUT2D eigenvalue weighted by molar-refractivity contribution is 7.99. The number of hydrogen-bond acceptors (Lipinski definition) is 4. The van der Waals surface area contributed by atoms with E-state index in [4.69, 9.17) is 9.47 Å². The lowest BCUT2D eigenvalue weighted by Crippen LogP contribution is -2.40. The van der Waals surface area contributed by atoms with Crippen LogP contribution in [0.4, 0.5) is 10.5 Å². The average molecular weight is 508 g/mol. The largest absolute Gasteiger partial charge is 0.493 e. The number of urea groups is 1. The number of nitrogens with zero attached hydrogens (tertiary/aromatic N) is 2. The average Bonchev–Trinajstić information content (AvgIpc) is 3.03. The number of rotatable bonds is 5. The minimum atomic E-state index is -2.66. The summed E-state index contributed by atoms with van der Waals surface area (Å²) in [5.74, 6) is 1.27. The van der Waals surface area contributed by atoms with Crippen molar-refractivity contribution in [2.45, 2.75) is 24.3 Å². The van der Waals surface area contributed by atoms with Crippen LogP contribution in [0.5, 0.6) is 11.5 Å². The van der Waals surface area contributed by atoms with Gasteiger partial charge in [0.1, 0.15) is 0 Å². The van der Waals surface area contributed by atoms with Gasteiger partial charge in [0.2, 0.25) is 0 Å². The molecule has 0 fully saturated rings. The first kappa shape index (κ1) is 25.5. The number of hydrogen-bond donors (Lipinski definition) is 3. The number of benzene rings is 3. The fourth-order valence-corrected chi connectivity index (χ4v) is 5.85. The molecule has 2 amide bonds. The molecule has 0 saturated carbocycles. The predicted molar refractivity (Wildman–Crippen MR) is 147 cm³/mol. The van der Waals surface area contributed by atoms with Crippen molar-refractivity contribution in [3.8, 4) is 11.5 Å². The molecule has 0 aliphatic carbocycles. The number of ether oxygens (including phenoxy) is 2. The second-order valence-electron chi connectivity index (χ2n) is 8.82. The van der Waals surface area contributed by atoms with Crippen LogP contribution in [0.2, 0.25) is 0 Å². The Kier molecular flexibility index (Phi) is 7.47. The molecule has 1 atom stereocenters. The van der Waals surface area contributed by atoms with Crippen molar-refractivity contribution in [3.05, 3.63) is 89.6 Å². The maximum atomic E-state index is 12.7. The van der Waals surface area contributed by atoms with Gasteiger partial charge in [-0.1, -0.05) is 40.4 Å². The molecule has 0 bridgehead atoms. The third kappa shape index (κ3) is 5.15. The van der Waals surface area contributed by atoms with Crippen molar-refractivity contribution < 1.29 is 18.8 Å². The van der Waals surface area contributed by atoms with Crippen molar-refractivity contribution in [1.29, 1.82) is 0 Å². The van der Waals surface area contributed by atoms with Gasteiger partial charge in [-0.05, 0) is 72.7 Å². The van der Waals surface area contributed by atoms with Gasteiger partial charge in [-0.25, -0.2) is 9.16 Å². The van der Waals surface area contributed by atoms with Crippen molar-refractivity contribution in [1.82, 2.24) is 10.2 Å². The lowest BCUT2D eigenvalue weighted by molar-refractivity contribution is 0.205. The molecule has 36 heavy (non-hydrogen) atoms. The summed E-state index contributed by atoms with van der Waals surface area (Å²) in [6, 6.07) is 20.9. The summed E-state index contributed by atoms with van der Waals surface area (Å²) in [5, 5.41) is 2.74. The van der Waals surface area contributed by atoms with Crippen LogP contribution in [0.25, 0.3) is 5.57 Å². The van der Waals surface area contributed by atoms with E-state index in [0.29, 0.717) is 23.6 Å². The monoisotopic (exact) mass is 507 g/mol. The van der Waals surface area contributed by atoms with Gasteiger partial charge in [0.25, 0.3) is 0 Å². The molecule has 1 aliphatic rings. The van der Waals surface area contributed by atoms with Crippen LogP contribution < -0.4 is 14.8 Å². The maximum Gasteiger partial charge on any atom is 0.321 e. The quantitative estimate of drug-likeness (QED) is 0.396. The first-order valence-corrected chi connectivity index (χ1v) is 13.9. The van der Waals surface area contributed by atoms with E-state index in [2.05, 4.69) is 9.68 Å². The van der Waals surface area contributed by atoms with Crippen LogP contribution in [0.15, 0.2) is 82.2 Å². The Hall–Kier alpha value is -3.62. The van der Waals surface area contributed by atoms with Crippen molar-refractivity contribution in [2.75, 3.05) is 27.5 Å². The molecule has 3 aromatic carbocycles. The second-order valence-corrected chi connectivity index (χ2v) is 11.4. The summed E-state index contributed by atoms with van der Waals surface area (Å²) in [7, 11) is 2.20. The molecule has 0 aromatic heterocycles. The molecule has 0 radical (unpaired) electrons. The smallest absolute Gasteiger partial charge is 0.321 e. The SMILES string of the molecule is CNC(=O)N1C=C(c2ccc(N=[SH](C)(O)c3ccccc3)cc2)c2cc(OC)c(OC)cc2CC1C. The molecular formula is C28H33N3O4S. The number of thiol groups is 1. The van der Waals surface area contributed by atoms with E-state index >= 15 is 0 Å². The normalized spacial score (nSPS) is 15.8. The van der Waals surface area contributed by atoms with Gasteiger partial charge in [0, 0.05) is 29.8 Å². The molecule has 190 valence electrons. The summed E-state index contributed by atoms with van der Waals surface area (Å²) in [5.41, 5.74) is 4.53. The summed E-state index contributed by atoms with van der Waals surface area (Å²) < 4.78 is 26.8. The van der Waals surface area contributed by atoms with E-state index in [0.717, 1.165) is 27.2 Å². The zero-order valence-electron chi connectivity index (χ0n) is 21.2. The van der Waals surface area contributed by atoms with Crippen LogP contribution in [0.3, 0.4) is 0 Å². The second kappa shape index (κ2) is 10.6. The topological polar surface area (TPSA) is 83.4 Å². The number of methoxy groups -OCH3 is 2. The molecule has 1 unspecified atom stereocenters. The molecular weight excluding hydrogens is 474 g/mol. The van der Waals surface area contributed by atoms with Gasteiger partial charge in [0.15, 0.2) is 11.5 Å². The molecule has 2 N–H and O–H groups in total. The molecule has 0 saturated heterocycles. The number of carbonyl (C=O) groups is 1. The van der Waals surface area contributed by atoms with Crippen LogP contribution in [0.1, 0.15) is 23.6 Å². The number of fused-ring (bicyclic) bond motifs is 1. The fraction of sp³-hybridized carbons (Fsp3) is 0.250. The highest BCUT2D eigenvalue weighted by Crippen LogP contribution is 2.39. The number of nitrogens with one attached hydrogen (secondary N) is 1. The van der Waals surface area contributed by atoms with Gasteiger partial charge in [0.05, 0.1) is 19.9 Å². The van der Waals surface area contributed by atoms with Crippen LogP contribution in [0, 0.1) is 0 Å². The minimum absolute atomic E-state index is 0.0701. The highest BCUT2D eigenvalue weighted by Gasteiger charge is 2.26. The Morgan fingerprint density at radius 1 is 1.06 bits per heavy atom. The Labute approximate surface area is 213 Å². The van der Waals surface area contributed by atoms with Crippen molar-refractivity contribution >= 4 is 27.4 Å². The lowest BCUT2D eigenvalue weighted by Gasteiger charge is -2.24. The highest BCUT2D eigenvalue weighted by atomic mass is 32.3. The zero-order valence-corrected chi connectivity index (χ0v) is 22.1. The van der Waals surface area contributed by atoms with E-state index in [1.807, 2.05) is 79.9 Å². The summed E-state index contributed by atoms with van der Waals surface area (Å²) in [6.07, 6.45) is 4.32. The fourth-order valence-electron chi connectivity index (χ4n) is 4.41. The first-order chi connectivity index (χ1) is 17.3. The van der Waals surface area contributed by atoms with E-state index < -0.39 is 10.1 Å². The lowest BCUT2D eigenvalue weighted by atomic mass is 9.92. The van der Waals surface area contributed by atoms with Gasteiger partial charge in [-0.2, -0.15) is 0 Å². The van der Waals surface area contributed by atoms with Gasteiger partial charge < -0.3 is 19.3 Å². The maximum absolute atomic E-state index is 12.7. The van der Waals surface area contributed by atoms with Gasteiger partial charge in [-0.3, -0.25) is 4.90 Å². The van der Waals surface area contributed by atoms with E-state index in [-0.39, 0.29) is 12.1 Å². The zero-order chi connectivity index (χ0) is 25.9. The molecule has 1 aliphatic heterocycles. The molecule has 0 spiro atoms. The van der Waals surface area contributed by atoms with Gasteiger partial charge in [-0.15, -0.1) is 0 Å². The van der Waals surface area contributed by atoms with E-state index in [1.54, 1.807) is 32.4 Å². The summed E-state index contributed by atoms with van der Waals surface area (Å²) >= 11 is 0. The van der Waals surface area contributed by atoms with Crippen LogP contribution in [-0.2, 0) is 16.5 Å². The van der Waals surface area contributed by atoms with E-state index in [9.17, 15) is 9.35 Å². The van der Waals surface area contributed by atoms with Crippen LogP contribution >= 0.6 is 0 Å². The third-order valence-corrected chi connectivity index (χ3v) is 8.24. The number of amides is 2. The predicted octanol–water partition coefficient (Wildman–Crippen LogP) is 5.54. The Morgan fingerprint density at radius 2 is 1.69 bits per heavy atom. The van der Waals surface area contributed by atoms with E-state index in [1.165, 1.54) is 0 Å².